The third-order valence-corrected chi connectivity index (χ3v) is 4.08. The van der Waals surface area contributed by atoms with Crippen LogP contribution in [0.25, 0.3) is 0 Å². The number of rotatable bonds is 5. The molecule has 0 aliphatic heterocycles. The molecule has 0 bridgehead atoms. The lowest BCUT2D eigenvalue weighted by atomic mass is 10.2. The fraction of sp³-hybridized carbons (Fsp3) is 0.500. The summed E-state index contributed by atoms with van der Waals surface area (Å²) in [5.74, 6) is 0.850. The summed E-state index contributed by atoms with van der Waals surface area (Å²) in [5, 5.41) is 0.689. The SMILES string of the molecule is CSCC(C)N(C)c1ccc(CBr)cc1F. The van der Waals surface area contributed by atoms with Crippen LogP contribution in [-0.4, -0.2) is 25.1 Å². The zero-order chi connectivity index (χ0) is 12.1. The highest BCUT2D eigenvalue weighted by Crippen LogP contribution is 2.23. The van der Waals surface area contributed by atoms with Crippen LogP contribution in [0, 0.1) is 5.82 Å². The normalized spacial score (nSPS) is 12.6. The number of hydrogen-bond donors (Lipinski definition) is 0. The molecule has 0 saturated heterocycles. The number of hydrogen-bond acceptors (Lipinski definition) is 2. The van der Waals surface area contributed by atoms with Gasteiger partial charge in [0, 0.05) is 24.2 Å². The predicted molar refractivity (Wildman–Crippen MR) is 75.3 cm³/mol. The van der Waals surface area contributed by atoms with E-state index in [2.05, 4.69) is 29.1 Å². The van der Waals surface area contributed by atoms with Gasteiger partial charge in [-0.05, 0) is 30.9 Å². The number of alkyl halides is 1. The van der Waals surface area contributed by atoms with Crippen LogP contribution >= 0.6 is 27.7 Å². The summed E-state index contributed by atoms with van der Waals surface area (Å²) in [6.07, 6.45) is 2.06. The van der Waals surface area contributed by atoms with Crippen LogP contribution in [0.3, 0.4) is 0 Å². The topological polar surface area (TPSA) is 3.24 Å². The summed E-state index contributed by atoms with van der Waals surface area (Å²) < 4.78 is 13.8. The Bertz CT molecular complexity index is 346. The summed E-state index contributed by atoms with van der Waals surface area (Å²) in [6, 6.07) is 5.73. The van der Waals surface area contributed by atoms with Crippen molar-refractivity contribution in [2.75, 3.05) is 24.0 Å². The maximum atomic E-state index is 13.8. The minimum atomic E-state index is -0.146. The molecular formula is C12H17BrFNS. The van der Waals surface area contributed by atoms with Crippen LogP contribution in [0.15, 0.2) is 18.2 Å². The molecule has 0 aliphatic rings. The second kappa shape index (κ2) is 6.50. The van der Waals surface area contributed by atoms with E-state index in [1.165, 1.54) is 0 Å². The summed E-state index contributed by atoms with van der Waals surface area (Å²) in [4.78, 5) is 1.99. The summed E-state index contributed by atoms with van der Waals surface area (Å²) >= 11 is 5.10. The first-order valence-electron chi connectivity index (χ1n) is 5.16. The molecular weight excluding hydrogens is 289 g/mol. The van der Waals surface area contributed by atoms with E-state index in [9.17, 15) is 4.39 Å². The average molecular weight is 306 g/mol. The monoisotopic (exact) mass is 305 g/mol. The van der Waals surface area contributed by atoms with E-state index in [4.69, 9.17) is 0 Å². The van der Waals surface area contributed by atoms with Gasteiger partial charge in [0.1, 0.15) is 5.82 Å². The Kier molecular flexibility index (Phi) is 5.62. The van der Waals surface area contributed by atoms with Crippen molar-refractivity contribution in [3.8, 4) is 0 Å². The van der Waals surface area contributed by atoms with Crippen molar-refractivity contribution >= 4 is 33.4 Å². The number of benzene rings is 1. The molecule has 0 N–H and O–H groups in total. The van der Waals surface area contributed by atoms with Crippen molar-refractivity contribution in [3.05, 3.63) is 29.6 Å². The minimum Gasteiger partial charge on any atom is -0.369 e. The van der Waals surface area contributed by atoms with Gasteiger partial charge in [0.15, 0.2) is 0 Å². The fourth-order valence-electron chi connectivity index (χ4n) is 1.51. The Morgan fingerprint density at radius 1 is 1.50 bits per heavy atom. The summed E-state index contributed by atoms with van der Waals surface area (Å²) in [6.45, 7) is 2.11. The van der Waals surface area contributed by atoms with Gasteiger partial charge >= 0.3 is 0 Å². The molecule has 16 heavy (non-hydrogen) atoms. The lowest BCUT2D eigenvalue weighted by Gasteiger charge is -2.27. The van der Waals surface area contributed by atoms with E-state index < -0.39 is 0 Å². The Balaban J connectivity index is 2.87. The molecule has 1 nitrogen and oxygen atoms in total. The Morgan fingerprint density at radius 2 is 2.19 bits per heavy atom. The van der Waals surface area contributed by atoms with Crippen molar-refractivity contribution < 1.29 is 4.39 Å². The van der Waals surface area contributed by atoms with Gasteiger partial charge in [-0.1, -0.05) is 22.0 Å². The van der Waals surface area contributed by atoms with E-state index in [1.54, 1.807) is 17.8 Å². The van der Waals surface area contributed by atoms with Crippen LogP contribution in [-0.2, 0) is 5.33 Å². The molecule has 0 amide bonds. The molecule has 1 aromatic carbocycles. The van der Waals surface area contributed by atoms with E-state index >= 15 is 0 Å². The average Bonchev–Trinajstić information content (AvgIpc) is 2.28. The number of halogens is 2. The summed E-state index contributed by atoms with van der Waals surface area (Å²) in [7, 11) is 1.94. The number of thioether (sulfide) groups is 1. The molecule has 0 heterocycles. The van der Waals surface area contributed by atoms with Gasteiger partial charge in [-0.25, -0.2) is 4.39 Å². The van der Waals surface area contributed by atoms with Gasteiger partial charge in [0.2, 0.25) is 0 Å². The van der Waals surface area contributed by atoms with Gasteiger partial charge in [0.05, 0.1) is 5.69 Å². The zero-order valence-corrected chi connectivity index (χ0v) is 12.2. The highest BCUT2D eigenvalue weighted by atomic mass is 79.9. The van der Waals surface area contributed by atoms with Crippen molar-refractivity contribution in [2.24, 2.45) is 0 Å². The van der Waals surface area contributed by atoms with Crippen LogP contribution < -0.4 is 4.90 Å². The zero-order valence-electron chi connectivity index (χ0n) is 9.84. The largest absolute Gasteiger partial charge is 0.369 e. The third-order valence-electron chi connectivity index (χ3n) is 2.62. The third kappa shape index (κ3) is 3.39. The van der Waals surface area contributed by atoms with Crippen LogP contribution in [0.5, 0.6) is 0 Å². The Morgan fingerprint density at radius 3 is 2.69 bits per heavy atom. The number of anilines is 1. The highest BCUT2D eigenvalue weighted by molar-refractivity contribution is 9.08. The number of nitrogens with zero attached hydrogens (tertiary/aromatic N) is 1. The van der Waals surface area contributed by atoms with Crippen molar-refractivity contribution in [1.29, 1.82) is 0 Å². The molecule has 0 fully saturated rings. The van der Waals surface area contributed by atoms with Gasteiger partial charge in [0.25, 0.3) is 0 Å². The molecule has 90 valence electrons. The molecule has 1 aromatic rings. The lowest BCUT2D eigenvalue weighted by molar-refractivity contribution is 0.613. The Hall–Kier alpha value is -0.220. The van der Waals surface area contributed by atoms with Crippen LogP contribution in [0.4, 0.5) is 10.1 Å². The van der Waals surface area contributed by atoms with Crippen molar-refractivity contribution in [3.63, 3.8) is 0 Å². The quantitative estimate of drug-likeness (QED) is 0.759. The molecule has 1 unspecified atom stereocenters. The molecule has 0 aromatic heterocycles. The van der Waals surface area contributed by atoms with E-state index in [0.29, 0.717) is 17.1 Å². The fourth-order valence-corrected chi connectivity index (χ4v) is 2.56. The standard InChI is InChI=1S/C12H17BrFNS/c1-9(8-16-3)15(2)12-5-4-10(7-13)6-11(12)14/h4-6,9H,7-8H2,1-3H3. The van der Waals surface area contributed by atoms with Gasteiger partial charge in [-0.2, -0.15) is 11.8 Å². The first-order valence-corrected chi connectivity index (χ1v) is 7.67. The van der Waals surface area contributed by atoms with Crippen LogP contribution in [0.2, 0.25) is 0 Å². The molecule has 0 radical (unpaired) electrons. The van der Waals surface area contributed by atoms with Crippen LogP contribution in [0.1, 0.15) is 12.5 Å². The maximum Gasteiger partial charge on any atom is 0.146 e. The second-order valence-electron chi connectivity index (χ2n) is 3.83. The first kappa shape index (κ1) is 13.8. The van der Waals surface area contributed by atoms with Gasteiger partial charge < -0.3 is 4.90 Å². The van der Waals surface area contributed by atoms with Gasteiger partial charge in [-0.3, -0.25) is 0 Å². The van der Waals surface area contributed by atoms with E-state index in [0.717, 1.165) is 11.3 Å². The molecule has 1 atom stereocenters. The molecule has 0 spiro atoms. The molecule has 0 aliphatic carbocycles. The summed E-state index contributed by atoms with van der Waals surface area (Å²) in [5.41, 5.74) is 1.64. The second-order valence-corrected chi connectivity index (χ2v) is 5.31. The lowest BCUT2D eigenvalue weighted by Crippen LogP contribution is -2.31. The first-order chi connectivity index (χ1) is 7.60. The highest BCUT2D eigenvalue weighted by Gasteiger charge is 2.13. The van der Waals surface area contributed by atoms with E-state index in [1.807, 2.05) is 24.1 Å². The smallest absolute Gasteiger partial charge is 0.146 e. The van der Waals surface area contributed by atoms with Crippen molar-refractivity contribution in [1.82, 2.24) is 0 Å². The maximum absolute atomic E-state index is 13.8. The van der Waals surface area contributed by atoms with Crippen molar-refractivity contribution in [2.45, 2.75) is 18.3 Å². The minimum absolute atomic E-state index is 0.146. The predicted octanol–water partition coefficient (Wildman–Crippen LogP) is 3.91. The van der Waals surface area contributed by atoms with E-state index in [-0.39, 0.29) is 5.82 Å². The molecule has 4 heteroatoms. The van der Waals surface area contributed by atoms with Gasteiger partial charge in [-0.15, -0.1) is 0 Å². The molecule has 0 saturated carbocycles. The Labute approximate surface area is 110 Å². The molecule has 1 rings (SSSR count).